The van der Waals surface area contributed by atoms with Gasteiger partial charge in [-0.15, -0.1) is 0 Å². The second kappa shape index (κ2) is 3.50. The van der Waals surface area contributed by atoms with Gasteiger partial charge < -0.3 is 9.84 Å². The van der Waals surface area contributed by atoms with Gasteiger partial charge >= 0.3 is 5.97 Å². The average molecular weight is 213 g/mol. The molecule has 2 rings (SSSR count). The Morgan fingerprint density at radius 3 is 3.14 bits per heavy atom. The Balaban J connectivity index is 2.28. The van der Waals surface area contributed by atoms with Crippen molar-refractivity contribution in [3.05, 3.63) is 28.8 Å². The molecule has 1 atom stereocenters. The molecule has 0 aromatic heterocycles. The number of halogens is 1. The number of benzene rings is 1. The molecule has 4 heteroatoms. The van der Waals surface area contributed by atoms with Gasteiger partial charge in [0.1, 0.15) is 5.75 Å². The Labute approximate surface area is 86.3 Å². The molecule has 14 heavy (non-hydrogen) atoms. The van der Waals surface area contributed by atoms with Crippen molar-refractivity contribution in [2.24, 2.45) is 0 Å². The number of carboxylic acids is 1. The highest BCUT2D eigenvalue weighted by molar-refractivity contribution is 6.30. The van der Waals surface area contributed by atoms with Crippen molar-refractivity contribution < 1.29 is 14.6 Å². The van der Waals surface area contributed by atoms with Crippen molar-refractivity contribution in [1.82, 2.24) is 0 Å². The monoisotopic (exact) mass is 212 g/mol. The molecule has 0 radical (unpaired) electrons. The van der Waals surface area contributed by atoms with E-state index in [-0.39, 0.29) is 12.3 Å². The lowest BCUT2D eigenvalue weighted by Crippen LogP contribution is -2.07. The summed E-state index contributed by atoms with van der Waals surface area (Å²) in [6.45, 7) is 0.433. The third kappa shape index (κ3) is 1.68. The van der Waals surface area contributed by atoms with Crippen molar-refractivity contribution >= 4 is 17.6 Å². The van der Waals surface area contributed by atoms with Crippen LogP contribution in [0, 0.1) is 0 Å². The summed E-state index contributed by atoms with van der Waals surface area (Å²) < 4.78 is 5.34. The topological polar surface area (TPSA) is 46.5 Å². The molecule has 0 aliphatic carbocycles. The van der Waals surface area contributed by atoms with Gasteiger partial charge in [-0.2, -0.15) is 0 Å². The summed E-state index contributed by atoms with van der Waals surface area (Å²) in [5.74, 6) is -0.131. The zero-order valence-electron chi connectivity index (χ0n) is 7.37. The minimum absolute atomic E-state index is 0.0683. The van der Waals surface area contributed by atoms with Crippen molar-refractivity contribution in [3.8, 4) is 5.75 Å². The fourth-order valence-corrected chi connectivity index (χ4v) is 1.81. The maximum atomic E-state index is 10.6. The number of carbonyl (C=O) groups is 1. The average Bonchev–Trinajstić information content (AvgIpc) is 2.47. The van der Waals surface area contributed by atoms with Crippen LogP contribution in [0.1, 0.15) is 17.9 Å². The summed E-state index contributed by atoms with van der Waals surface area (Å²) in [6, 6.07) is 5.29. The quantitative estimate of drug-likeness (QED) is 0.818. The Bertz CT molecular complexity index is 376. The molecule has 0 amide bonds. The highest BCUT2D eigenvalue weighted by Gasteiger charge is 2.26. The molecule has 3 nitrogen and oxygen atoms in total. The number of fused-ring (bicyclic) bond motifs is 1. The van der Waals surface area contributed by atoms with Crippen LogP contribution in [-0.4, -0.2) is 17.7 Å². The first-order chi connectivity index (χ1) is 6.66. The van der Waals surface area contributed by atoms with E-state index in [0.717, 1.165) is 11.3 Å². The first-order valence-electron chi connectivity index (χ1n) is 4.31. The zero-order valence-corrected chi connectivity index (χ0v) is 8.12. The predicted octanol–water partition coefficient (Wildman–Crippen LogP) is 2.29. The largest absolute Gasteiger partial charge is 0.493 e. The molecule has 1 N–H and O–H groups in total. The van der Waals surface area contributed by atoms with E-state index in [4.69, 9.17) is 21.4 Å². The van der Waals surface area contributed by atoms with Gasteiger partial charge in [-0.1, -0.05) is 11.6 Å². The van der Waals surface area contributed by atoms with Gasteiger partial charge in [-0.25, -0.2) is 0 Å². The standard InChI is InChI=1S/C10H9ClO3/c11-7-1-2-9-8(4-7)6(5-14-9)3-10(12)13/h1-2,4,6H,3,5H2,(H,12,13). The zero-order chi connectivity index (χ0) is 10.1. The molecule has 0 spiro atoms. The Morgan fingerprint density at radius 1 is 1.64 bits per heavy atom. The minimum Gasteiger partial charge on any atom is -0.493 e. The van der Waals surface area contributed by atoms with Gasteiger partial charge in [0.25, 0.3) is 0 Å². The van der Waals surface area contributed by atoms with Crippen LogP contribution in [0.5, 0.6) is 5.75 Å². The molecule has 1 aromatic carbocycles. The van der Waals surface area contributed by atoms with E-state index in [2.05, 4.69) is 0 Å². The van der Waals surface area contributed by atoms with Crippen LogP contribution in [0.2, 0.25) is 5.02 Å². The Kier molecular flexibility index (Phi) is 2.33. The van der Waals surface area contributed by atoms with Crippen molar-refractivity contribution in [2.75, 3.05) is 6.61 Å². The van der Waals surface area contributed by atoms with Gasteiger partial charge in [-0.05, 0) is 18.2 Å². The molecule has 1 aromatic rings. The van der Waals surface area contributed by atoms with Crippen LogP contribution in [0.3, 0.4) is 0 Å². The fourth-order valence-electron chi connectivity index (χ4n) is 1.63. The number of ether oxygens (including phenoxy) is 1. The third-order valence-electron chi connectivity index (χ3n) is 2.27. The molecule has 0 saturated heterocycles. The molecule has 1 unspecified atom stereocenters. The molecule has 1 heterocycles. The summed E-state index contributed by atoms with van der Waals surface area (Å²) in [5.41, 5.74) is 0.903. The third-order valence-corrected chi connectivity index (χ3v) is 2.51. The number of carboxylic acid groups (broad SMARTS) is 1. The van der Waals surface area contributed by atoms with Gasteiger partial charge in [0.2, 0.25) is 0 Å². The van der Waals surface area contributed by atoms with Crippen LogP contribution in [0.4, 0.5) is 0 Å². The van der Waals surface area contributed by atoms with Gasteiger partial charge in [0.05, 0.1) is 13.0 Å². The molecule has 1 aliphatic rings. The summed E-state index contributed by atoms with van der Waals surface area (Å²) in [5, 5.41) is 9.30. The smallest absolute Gasteiger partial charge is 0.304 e. The van der Waals surface area contributed by atoms with Crippen LogP contribution in [0.25, 0.3) is 0 Å². The van der Waals surface area contributed by atoms with Crippen molar-refractivity contribution in [1.29, 1.82) is 0 Å². The number of aliphatic carboxylic acids is 1. The number of rotatable bonds is 2. The first-order valence-corrected chi connectivity index (χ1v) is 4.68. The van der Waals surface area contributed by atoms with E-state index in [1.54, 1.807) is 18.2 Å². The highest BCUT2D eigenvalue weighted by atomic mass is 35.5. The number of hydrogen-bond acceptors (Lipinski definition) is 2. The first kappa shape index (κ1) is 9.34. The molecule has 1 aliphatic heterocycles. The summed E-state index contributed by atoms with van der Waals surface area (Å²) in [4.78, 5) is 10.6. The van der Waals surface area contributed by atoms with Gasteiger partial charge in [0.15, 0.2) is 0 Å². The van der Waals surface area contributed by atoms with Crippen molar-refractivity contribution in [3.63, 3.8) is 0 Å². The lowest BCUT2D eigenvalue weighted by molar-refractivity contribution is -0.137. The lowest BCUT2D eigenvalue weighted by Gasteiger charge is -2.04. The van der Waals surface area contributed by atoms with E-state index in [1.807, 2.05) is 0 Å². The number of hydrogen-bond donors (Lipinski definition) is 1. The second-order valence-corrected chi connectivity index (χ2v) is 3.72. The van der Waals surface area contributed by atoms with E-state index < -0.39 is 5.97 Å². The van der Waals surface area contributed by atoms with Crippen molar-refractivity contribution in [2.45, 2.75) is 12.3 Å². The van der Waals surface area contributed by atoms with Crippen LogP contribution in [-0.2, 0) is 4.79 Å². The maximum absolute atomic E-state index is 10.6. The summed E-state index contributed by atoms with van der Waals surface area (Å²) in [7, 11) is 0. The Morgan fingerprint density at radius 2 is 2.43 bits per heavy atom. The van der Waals surface area contributed by atoms with Crippen LogP contribution < -0.4 is 4.74 Å². The fraction of sp³-hybridized carbons (Fsp3) is 0.300. The van der Waals surface area contributed by atoms with E-state index in [0.29, 0.717) is 11.6 Å². The maximum Gasteiger partial charge on any atom is 0.304 e. The van der Waals surface area contributed by atoms with E-state index in [1.165, 1.54) is 0 Å². The molecular formula is C10H9ClO3. The highest BCUT2D eigenvalue weighted by Crippen LogP contribution is 2.37. The molecule has 0 saturated carbocycles. The molecule has 0 bridgehead atoms. The minimum atomic E-state index is -0.813. The lowest BCUT2D eigenvalue weighted by atomic mass is 9.98. The predicted molar refractivity (Wildman–Crippen MR) is 51.9 cm³/mol. The summed E-state index contributed by atoms with van der Waals surface area (Å²) >= 11 is 5.82. The molecule has 0 fully saturated rings. The molecular weight excluding hydrogens is 204 g/mol. The van der Waals surface area contributed by atoms with Gasteiger partial charge in [-0.3, -0.25) is 4.79 Å². The normalized spacial score (nSPS) is 18.8. The Hall–Kier alpha value is -1.22. The van der Waals surface area contributed by atoms with Crippen LogP contribution in [0.15, 0.2) is 18.2 Å². The van der Waals surface area contributed by atoms with E-state index >= 15 is 0 Å². The molecule has 74 valence electrons. The van der Waals surface area contributed by atoms with E-state index in [9.17, 15) is 4.79 Å². The SMILES string of the molecule is O=C(O)CC1COc2ccc(Cl)cc21. The van der Waals surface area contributed by atoms with Gasteiger partial charge in [0, 0.05) is 16.5 Å². The second-order valence-electron chi connectivity index (χ2n) is 3.29. The summed E-state index contributed by atoms with van der Waals surface area (Å²) in [6.07, 6.45) is 0.0906. The van der Waals surface area contributed by atoms with Crippen LogP contribution >= 0.6 is 11.6 Å².